The second-order valence-corrected chi connectivity index (χ2v) is 4.21. The number of nitrogens with zero attached hydrogens (tertiary/aromatic N) is 2. The van der Waals surface area contributed by atoms with Crippen molar-refractivity contribution in [3.63, 3.8) is 0 Å². The van der Waals surface area contributed by atoms with Crippen LogP contribution in [0.5, 0.6) is 0 Å². The molecule has 15 heavy (non-hydrogen) atoms. The average molecular weight is 208 g/mol. The summed E-state index contributed by atoms with van der Waals surface area (Å²) in [4.78, 5) is 4.37. The third-order valence-corrected chi connectivity index (χ3v) is 2.99. The van der Waals surface area contributed by atoms with Gasteiger partial charge in [0.25, 0.3) is 0 Å². The van der Waals surface area contributed by atoms with Gasteiger partial charge in [0, 0.05) is 32.0 Å². The Bertz CT molecular complexity index is 290. The number of hydrogen-bond acceptors (Lipinski definition) is 2. The molecular formula is C12H20N2O. The minimum absolute atomic E-state index is 0.488. The molecule has 1 fully saturated rings. The zero-order valence-corrected chi connectivity index (χ0v) is 9.48. The molecule has 0 N–H and O–H groups in total. The lowest BCUT2D eigenvalue weighted by Crippen LogP contribution is -2.11. The number of aromatic nitrogens is 2. The SMILES string of the molecule is CCCc1nccn1CCC1CCCO1. The van der Waals surface area contributed by atoms with Crippen molar-refractivity contribution in [2.24, 2.45) is 0 Å². The molecule has 1 atom stereocenters. The zero-order valence-electron chi connectivity index (χ0n) is 9.48. The van der Waals surface area contributed by atoms with Gasteiger partial charge in [0.2, 0.25) is 0 Å². The van der Waals surface area contributed by atoms with E-state index in [0.29, 0.717) is 6.10 Å². The van der Waals surface area contributed by atoms with E-state index in [1.807, 2.05) is 6.20 Å². The molecule has 3 heteroatoms. The molecule has 3 nitrogen and oxygen atoms in total. The van der Waals surface area contributed by atoms with Crippen LogP contribution in [0, 0.1) is 0 Å². The van der Waals surface area contributed by atoms with E-state index < -0.39 is 0 Å². The number of ether oxygens (including phenoxy) is 1. The second kappa shape index (κ2) is 5.31. The number of rotatable bonds is 5. The zero-order chi connectivity index (χ0) is 10.5. The summed E-state index contributed by atoms with van der Waals surface area (Å²) >= 11 is 0. The number of imidazole rings is 1. The van der Waals surface area contributed by atoms with Gasteiger partial charge in [0.15, 0.2) is 0 Å². The van der Waals surface area contributed by atoms with Crippen LogP contribution in [0.3, 0.4) is 0 Å². The molecule has 0 spiro atoms. The van der Waals surface area contributed by atoms with Crippen LogP contribution in [0.4, 0.5) is 0 Å². The molecule has 2 heterocycles. The Morgan fingerprint density at radius 3 is 3.27 bits per heavy atom. The molecule has 1 aliphatic heterocycles. The summed E-state index contributed by atoms with van der Waals surface area (Å²) in [7, 11) is 0. The van der Waals surface area contributed by atoms with Crippen molar-refractivity contribution in [3.05, 3.63) is 18.2 Å². The first-order valence-corrected chi connectivity index (χ1v) is 6.01. The minimum atomic E-state index is 0.488. The largest absolute Gasteiger partial charge is 0.378 e. The van der Waals surface area contributed by atoms with Crippen molar-refractivity contribution >= 4 is 0 Å². The predicted molar refractivity (Wildman–Crippen MR) is 59.8 cm³/mol. The first-order valence-electron chi connectivity index (χ1n) is 6.01. The van der Waals surface area contributed by atoms with E-state index in [9.17, 15) is 0 Å². The Morgan fingerprint density at radius 2 is 2.53 bits per heavy atom. The molecular weight excluding hydrogens is 188 g/mol. The maximum Gasteiger partial charge on any atom is 0.108 e. The lowest BCUT2D eigenvalue weighted by molar-refractivity contribution is 0.100. The molecule has 1 unspecified atom stereocenters. The van der Waals surface area contributed by atoms with E-state index in [2.05, 4.69) is 22.7 Å². The number of aryl methyl sites for hydroxylation is 2. The lowest BCUT2D eigenvalue weighted by Gasteiger charge is -2.11. The van der Waals surface area contributed by atoms with Crippen LogP contribution in [0.15, 0.2) is 12.4 Å². The van der Waals surface area contributed by atoms with Gasteiger partial charge in [-0.2, -0.15) is 0 Å². The monoisotopic (exact) mass is 208 g/mol. The van der Waals surface area contributed by atoms with Gasteiger partial charge in [-0.15, -0.1) is 0 Å². The summed E-state index contributed by atoms with van der Waals surface area (Å²) in [6, 6.07) is 0. The second-order valence-electron chi connectivity index (χ2n) is 4.21. The molecule has 1 aromatic rings. The van der Waals surface area contributed by atoms with Gasteiger partial charge in [-0.05, 0) is 25.7 Å². The quantitative estimate of drug-likeness (QED) is 0.743. The molecule has 0 amide bonds. The van der Waals surface area contributed by atoms with Gasteiger partial charge in [-0.1, -0.05) is 6.92 Å². The van der Waals surface area contributed by atoms with Gasteiger partial charge < -0.3 is 9.30 Å². The van der Waals surface area contributed by atoms with Crippen LogP contribution < -0.4 is 0 Å². The van der Waals surface area contributed by atoms with Gasteiger partial charge in [0.1, 0.15) is 5.82 Å². The summed E-state index contributed by atoms with van der Waals surface area (Å²) in [5.74, 6) is 1.22. The van der Waals surface area contributed by atoms with Crippen molar-refractivity contribution in [1.82, 2.24) is 9.55 Å². The van der Waals surface area contributed by atoms with Crippen LogP contribution in [0.25, 0.3) is 0 Å². The Hall–Kier alpha value is -0.830. The minimum Gasteiger partial charge on any atom is -0.378 e. The summed E-state index contributed by atoms with van der Waals surface area (Å²) in [5, 5.41) is 0. The van der Waals surface area contributed by atoms with Crippen LogP contribution in [0.2, 0.25) is 0 Å². The van der Waals surface area contributed by atoms with Crippen LogP contribution in [0.1, 0.15) is 38.4 Å². The average Bonchev–Trinajstić information content (AvgIpc) is 2.85. The highest BCUT2D eigenvalue weighted by Crippen LogP contribution is 2.16. The fraction of sp³-hybridized carbons (Fsp3) is 0.750. The third-order valence-electron chi connectivity index (χ3n) is 2.99. The summed E-state index contributed by atoms with van der Waals surface area (Å²) in [6.07, 6.45) is 10.3. The number of hydrogen-bond donors (Lipinski definition) is 0. The summed E-state index contributed by atoms with van der Waals surface area (Å²) in [6.45, 7) is 4.20. The Labute approximate surface area is 91.5 Å². The van der Waals surface area contributed by atoms with Crippen LogP contribution in [-0.2, 0) is 17.7 Å². The van der Waals surface area contributed by atoms with E-state index in [1.54, 1.807) is 0 Å². The molecule has 0 radical (unpaired) electrons. The Kier molecular flexibility index (Phi) is 3.78. The van der Waals surface area contributed by atoms with E-state index in [-0.39, 0.29) is 0 Å². The highest BCUT2D eigenvalue weighted by molar-refractivity contribution is 4.92. The van der Waals surface area contributed by atoms with Crippen LogP contribution >= 0.6 is 0 Å². The van der Waals surface area contributed by atoms with Crippen molar-refractivity contribution in [1.29, 1.82) is 0 Å². The Balaban J connectivity index is 1.83. The van der Waals surface area contributed by atoms with Gasteiger partial charge in [-0.3, -0.25) is 0 Å². The molecule has 0 saturated carbocycles. The van der Waals surface area contributed by atoms with Gasteiger partial charge >= 0.3 is 0 Å². The first kappa shape index (κ1) is 10.7. The van der Waals surface area contributed by atoms with E-state index in [0.717, 1.165) is 32.4 Å². The summed E-state index contributed by atoms with van der Waals surface area (Å²) in [5.41, 5.74) is 0. The molecule has 0 bridgehead atoms. The summed E-state index contributed by atoms with van der Waals surface area (Å²) < 4.78 is 7.89. The smallest absolute Gasteiger partial charge is 0.108 e. The standard InChI is InChI=1S/C12H20N2O/c1-2-4-12-13-7-9-14(12)8-6-11-5-3-10-15-11/h7,9,11H,2-6,8,10H2,1H3. The molecule has 0 aliphatic carbocycles. The maximum atomic E-state index is 5.62. The van der Waals surface area contributed by atoms with Crippen molar-refractivity contribution < 1.29 is 4.74 Å². The van der Waals surface area contributed by atoms with Gasteiger partial charge in [-0.25, -0.2) is 4.98 Å². The maximum absolute atomic E-state index is 5.62. The van der Waals surface area contributed by atoms with Crippen molar-refractivity contribution in [3.8, 4) is 0 Å². The third kappa shape index (κ3) is 2.81. The van der Waals surface area contributed by atoms with E-state index in [1.165, 1.54) is 18.7 Å². The molecule has 1 saturated heterocycles. The first-order chi connectivity index (χ1) is 7.40. The molecule has 0 aromatic carbocycles. The normalized spacial score (nSPS) is 21.0. The molecule has 1 aromatic heterocycles. The Morgan fingerprint density at radius 1 is 1.60 bits per heavy atom. The van der Waals surface area contributed by atoms with Crippen molar-refractivity contribution in [2.75, 3.05) is 6.61 Å². The highest BCUT2D eigenvalue weighted by Gasteiger charge is 2.15. The van der Waals surface area contributed by atoms with E-state index in [4.69, 9.17) is 4.74 Å². The highest BCUT2D eigenvalue weighted by atomic mass is 16.5. The van der Waals surface area contributed by atoms with Crippen LogP contribution in [-0.4, -0.2) is 22.3 Å². The fourth-order valence-corrected chi connectivity index (χ4v) is 2.15. The molecule has 84 valence electrons. The van der Waals surface area contributed by atoms with Crippen molar-refractivity contribution in [2.45, 2.75) is 51.7 Å². The molecule has 1 aliphatic rings. The topological polar surface area (TPSA) is 27.1 Å². The lowest BCUT2D eigenvalue weighted by atomic mass is 10.2. The predicted octanol–water partition coefficient (Wildman–Crippen LogP) is 2.40. The van der Waals surface area contributed by atoms with Gasteiger partial charge in [0.05, 0.1) is 6.10 Å². The van der Waals surface area contributed by atoms with E-state index >= 15 is 0 Å². The molecule has 2 rings (SSSR count). The fourth-order valence-electron chi connectivity index (χ4n) is 2.15.